The van der Waals surface area contributed by atoms with Crippen molar-refractivity contribution in [3.63, 3.8) is 0 Å². The molecule has 4 heterocycles. The maximum Gasteiger partial charge on any atom is 0.126 e. The number of pyridine rings is 1. The molecule has 33 heavy (non-hydrogen) atoms. The molecule has 1 aromatic carbocycles. The average Bonchev–Trinajstić information content (AvgIpc) is 3.37. The molecule has 1 aromatic heterocycles. The monoisotopic (exact) mass is 439 g/mol. The van der Waals surface area contributed by atoms with Gasteiger partial charge in [-0.15, -0.1) is 0 Å². The van der Waals surface area contributed by atoms with Crippen molar-refractivity contribution in [2.24, 2.45) is 28.2 Å². The Balaban J connectivity index is 1.64. The van der Waals surface area contributed by atoms with Crippen molar-refractivity contribution in [2.45, 2.75) is 64.0 Å². The van der Waals surface area contributed by atoms with Crippen LogP contribution in [0.15, 0.2) is 71.4 Å². The van der Waals surface area contributed by atoms with Crippen molar-refractivity contribution < 1.29 is 0 Å². The van der Waals surface area contributed by atoms with E-state index in [1.165, 1.54) is 48.2 Å². The molecule has 2 saturated carbocycles. The number of hydrogen-bond acceptors (Lipinski definition) is 3. The summed E-state index contributed by atoms with van der Waals surface area (Å²) in [5.41, 5.74) is 5.34. The highest BCUT2D eigenvalue weighted by Gasteiger charge is 2.80. The highest BCUT2D eigenvalue weighted by molar-refractivity contribution is 6.05. The third-order valence-electron chi connectivity index (χ3n) is 9.85. The van der Waals surface area contributed by atoms with Gasteiger partial charge in [0.2, 0.25) is 0 Å². The lowest BCUT2D eigenvalue weighted by molar-refractivity contribution is -0.0794. The number of aromatic nitrogens is 1. The zero-order valence-corrected chi connectivity index (χ0v) is 20.6. The van der Waals surface area contributed by atoms with Crippen LogP contribution in [0.4, 0.5) is 0 Å². The van der Waals surface area contributed by atoms with Gasteiger partial charge in [0.1, 0.15) is 5.54 Å². The molecule has 6 atom stereocenters. The second-order valence-electron chi connectivity index (χ2n) is 11.5. The first-order chi connectivity index (χ1) is 15.9. The summed E-state index contributed by atoms with van der Waals surface area (Å²) in [6.45, 7) is 8.19. The van der Waals surface area contributed by atoms with Gasteiger partial charge in [0.25, 0.3) is 0 Å². The Bertz CT molecular complexity index is 1100. The third-order valence-corrected chi connectivity index (χ3v) is 9.85. The minimum absolute atomic E-state index is 0.102. The summed E-state index contributed by atoms with van der Waals surface area (Å²) >= 11 is 0. The summed E-state index contributed by atoms with van der Waals surface area (Å²) in [7, 11) is 2.39. The SMILES string of the molecule is CC(C)=CCC[C@]1(C)[C@H]2CN(C)[C@@]34CCC[C@@H]3[C@@H]1C(c1ccccc1)=N[C@@]24c1ccccn1. The van der Waals surface area contributed by atoms with Gasteiger partial charge in [-0.2, -0.15) is 0 Å². The largest absolute Gasteiger partial charge is 0.297 e. The van der Waals surface area contributed by atoms with E-state index in [2.05, 4.69) is 87.3 Å². The first-order valence-corrected chi connectivity index (χ1v) is 12.9. The Morgan fingerprint density at radius 3 is 2.64 bits per heavy atom. The number of rotatable bonds is 5. The maximum atomic E-state index is 5.87. The zero-order valence-electron chi connectivity index (χ0n) is 20.6. The van der Waals surface area contributed by atoms with Gasteiger partial charge in [0.05, 0.1) is 11.2 Å². The zero-order chi connectivity index (χ0) is 22.8. The molecule has 0 amide bonds. The summed E-state index contributed by atoms with van der Waals surface area (Å²) in [6, 6.07) is 17.6. The van der Waals surface area contributed by atoms with Crippen molar-refractivity contribution in [3.05, 3.63) is 77.6 Å². The molecule has 3 heteroatoms. The topological polar surface area (TPSA) is 28.5 Å². The van der Waals surface area contributed by atoms with Gasteiger partial charge in [0.15, 0.2) is 0 Å². The predicted molar refractivity (Wildman–Crippen MR) is 135 cm³/mol. The molecule has 1 spiro atoms. The Kier molecular flexibility index (Phi) is 4.75. The lowest BCUT2D eigenvalue weighted by Gasteiger charge is -2.65. The van der Waals surface area contributed by atoms with Gasteiger partial charge in [-0.3, -0.25) is 14.9 Å². The Hall–Kier alpha value is -2.26. The van der Waals surface area contributed by atoms with E-state index in [9.17, 15) is 0 Å². The molecule has 3 fully saturated rings. The molecule has 4 bridgehead atoms. The van der Waals surface area contributed by atoms with Crippen molar-refractivity contribution in [3.8, 4) is 0 Å². The van der Waals surface area contributed by atoms with E-state index in [4.69, 9.17) is 9.98 Å². The minimum Gasteiger partial charge on any atom is -0.297 e. The molecule has 2 aliphatic carbocycles. The van der Waals surface area contributed by atoms with Gasteiger partial charge in [-0.25, -0.2) is 0 Å². The number of likely N-dealkylation sites (N-methyl/N-ethyl adjacent to an activating group) is 1. The quantitative estimate of drug-likeness (QED) is 0.514. The molecule has 0 N–H and O–H groups in total. The lowest BCUT2D eigenvalue weighted by Crippen LogP contribution is -2.71. The van der Waals surface area contributed by atoms with E-state index in [1.54, 1.807) is 0 Å². The van der Waals surface area contributed by atoms with E-state index < -0.39 is 0 Å². The fraction of sp³-hybridized carbons (Fsp3) is 0.533. The Labute approximate surface area is 199 Å². The smallest absolute Gasteiger partial charge is 0.126 e. The van der Waals surface area contributed by atoms with Gasteiger partial charge in [0, 0.05) is 30.3 Å². The lowest BCUT2D eigenvalue weighted by atomic mass is 9.42. The summed E-state index contributed by atoms with van der Waals surface area (Å²) in [4.78, 5) is 13.7. The van der Waals surface area contributed by atoms with Crippen LogP contribution in [0.3, 0.4) is 0 Å². The number of allylic oxidation sites excluding steroid dienone is 2. The van der Waals surface area contributed by atoms with Crippen molar-refractivity contribution in [1.82, 2.24) is 9.88 Å². The molecule has 2 aromatic rings. The van der Waals surface area contributed by atoms with Crippen LogP contribution in [-0.2, 0) is 5.54 Å². The van der Waals surface area contributed by atoms with E-state index in [-0.39, 0.29) is 16.5 Å². The van der Waals surface area contributed by atoms with Crippen LogP contribution in [0.5, 0.6) is 0 Å². The molecular formula is C30H37N3. The Morgan fingerprint density at radius 2 is 1.91 bits per heavy atom. The van der Waals surface area contributed by atoms with Crippen LogP contribution in [-0.4, -0.2) is 34.7 Å². The molecule has 172 valence electrons. The number of benzene rings is 1. The van der Waals surface area contributed by atoms with E-state index >= 15 is 0 Å². The van der Waals surface area contributed by atoms with Crippen molar-refractivity contribution >= 4 is 5.71 Å². The standard InChI is InChI=1S/C30H37N3/c1-21(2)12-10-17-28(3)24-20-33(4)29-18-11-15-23(29)26(28)27(22-13-6-5-7-14-22)32-30(24,29)25-16-8-9-19-31-25/h5-9,12-14,16,19,23-24,26H,10-11,15,17-18,20H2,1-4H3/t23-,24-,26-,28-,29+,30-/m1/s1. The molecule has 5 aliphatic rings. The highest BCUT2D eigenvalue weighted by atomic mass is 15.3. The van der Waals surface area contributed by atoms with Gasteiger partial charge >= 0.3 is 0 Å². The summed E-state index contributed by atoms with van der Waals surface area (Å²) in [6.07, 6.45) is 10.6. The maximum absolute atomic E-state index is 5.87. The normalized spacial score (nSPS) is 38.8. The second kappa shape index (κ2) is 7.37. The van der Waals surface area contributed by atoms with Crippen LogP contribution in [0.25, 0.3) is 0 Å². The second-order valence-corrected chi connectivity index (χ2v) is 11.5. The molecule has 1 saturated heterocycles. The van der Waals surface area contributed by atoms with E-state index in [0.29, 0.717) is 17.8 Å². The number of hydrogen-bond donors (Lipinski definition) is 0. The first-order valence-electron chi connectivity index (χ1n) is 12.9. The molecule has 0 unspecified atom stereocenters. The van der Waals surface area contributed by atoms with Crippen LogP contribution in [0.2, 0.25) is 0 Å². The van der Waals surface area contributed by atoms with Gasteiger partial charge in [-0.05, 0) is 75.6 Å². The average molecular weight is 440 g/mol. The van der Waals surface area contributed by atoms with Crippen molar-refractivity contribution in [1.29, 1.82) is 0 Å². The Morgan fingerprint density at radius 1 is 1.12 bits per heavy atom. The van der Waals surface area contributed by atoms with Crippen molar-refractivity contribution in [2.75, 3.05) is 13.6 Å². The fourth-order valence-corrected chi connectivity index (χ4v) is 8.77. The first kappa shape index (κ1) is 21.3. The summed E-state index contributed by atoms with van der Waals surface area (Å²) in [5, 5.41) is 0. The molecule has 3 nitrogen and oxygen atoms in total. The molecule has 7 rings (SSSR count). The molecular weight excluding hydrogens is 402 g/mol. The summed E-state index contributed by atoms with van der Waals surface area (Å²) < 4.78 is 0. The van der Waals surface area contributed by atoms with Gasteiger partial charge in [-0.1, -0.05) is 61.4 Å². The van der Waals surface area contributed by atoms with Gasteiger partial charge < -0.3 is 0 Å². The van der Waals surface area contributed by atoms with E-state index in [1.807, 2.05) is 6.20 Å². The molecule has 0 radical (unpaired) electrons. The minimum atomic E-state index is -0.260. The number of likely N-dealkylation sites (tertiary alicyclic amines) is 1. The van der Waals surface area contributed by atoms with Crippen LogP contribution in [0, 0.1) is 23.2 Å². The predicted octanol–water partition coefficient (Wildman–Crippen LogP) is 6.26. The number of nitrogens with zero attached hydrogens (tertiary/aromatic N) is 3. The third kappa shape index (κ3) is 2.60. The summed E-state index contributed by atoms with van der Waals surface area (Å²) in [5.74, 6) is 1.63. The highest BCUT2D eigenvalue weighted by Crippen LogP contribution is 2.75. The van der Waals surface area contributed by atoms with Crippen LogP contribution >= 0.6 is 0 Å². The molecule has 3 aliphatic heterocycles. The van der Waals surface area contributed by atoms with Crippen LogP contribution in [0.1, 0.15) is 64.1 Å². The van der Waals surface area contributed by atoms with E-state index in [0.717, 1.165) is 13.0 Å². The number of aliphatic imine (C=N–C) groups is 1. The van der Waals surface area contributed by atoms with Crippen LogP contribution < -0.4 is 0 Å². The fourth-order valence-electron chi connectivity index (χ4n) is 8.77.